The maximum atomic E-state index is 12.4. The van der Waals surface area contributed by atoms with Crippen LogP contribution >= 0.6 is 0 Å². The molecule has 0 bridgehead atoms. The normalized spacial score (nSPS) is 28.2. The van der Waals surface area contributed by atoms with Crippen molar-refractivity contribution in [3.8, 4) is 0 Å². The van der Waals surface area contributed by atoms with Crippen LogP contribution in [0.15, 0.2) is 0 Å². The van der Waals surface area contributed by atoms with Gasteiger partial charge in [0.15, 0.2) is 0 Å². The second-order valence-electron chi connectivity index (χ2n) is 5.91. The van der Waals surface area contributed by atoms with Crippen molar-refractivity contribution < 1.29 is 19.8 Å². The van der Waals surface area contributed by atoms with Crippen LogP contribution in [0.4, 0.5) is 4.79 Å². The highest BCUT2D eigenvalue weighted by atomic mass is 16.4. The molecule has 1 aliphatic heterocycles. The molecule has 2 amide bonds. The van der Waals surface area contributed by atoms with Crippen molar-refractivity contribution in [2.45, 2.75) is 50.7 Å². The monoisotopic (exact) mass is 284 g/mol. The first-order valence-corrected chi connectivity index (χ1v) is 7.43. The van der Waals surface area contributed by atoms with E-state index in [2.05, 4.69) is 0 Å². The van der Waals surface area contributed by atoms with Crippen LogP contribution in [0.2, 0.25) is 0 Å². The number of likely N-dealkylation sites (N-methyl/N-ethyl adjacent to an activating group) is 1. The number of aliphatic hydroxyl groups is 1. The third-order valence-electron chi connectivity index (χ3n) is 4.61. The number of hydrogen-bond donors (Lipinski definition) is 2. The molecule has 1 saturated heterocycles. The fraction of sp³-hybridized carbons (Fsp3) is 0.857. The molecular formula is C14H24N2O4. The van der Waals surface area contributed by atoms with E-state index in [4.69, 9.17) is 5.11 Å². The number of carboxylic acids is 1. The fourth-order valence-electron chi connectivity index (χ4n) is 3.23. The Bertz CT molecular complexity index is 366. The molecule has 0 aromatic rings. The van der Waals surface area contributed by atoms with Crippen LogP contribution in [0.5, 0.6) is 0 Å². The molecule has 1 heterocycles. The lowest BCUT2D eigenvalue weighted by atomic mass is 9.91. The van der Waals surface area contributed by atoms with E-state index in [1.807, 2.05) is 0 Å². The molecule has 114 valence electrons. The highest BCUT2D eigenvalue weighted by Crippen LogP contribution is 2.24. The first kappa shape index (κ1) is 15.1. The fourth-order valence-corrected chi connectivity index (χ4v) is 3.23. The van der Waals surface area contributed by atoms with Gasteiger partial charge in [0, 0.05) is 20.1 Å². The number of carboxylic acid groups (broad SMARTS) is 1. The lowest BCUT2D eigenvalue weighted by Crippen LogP contribution is -2.53. The lowest BCUT2D eigenvalue weighted by Gasteiger charge is -2.39. The number of aliphatic carboxylic acids is 1. The molecule has 20 heavy (non-hydrogen) atoms. The highest BCUT2D eigenvalue weighted by molar-refractivity contribution is 5.75. The molecule has 2 N–H and O–H groups in total. The van der Waals surface area contributed by atoms with Gasteiger partial charge in [-0.25, -0.2) is 4.79 Å². The van der Waals surface area contributed by atoms with Gasteiger partial charge in [-0.1, -0.05) is 12.8 Å². The van der Waals surface area contributed by atoms with Crippen molar-refractivity contribution in [2.24, 2.45) is 5.92 Å². The predicted molar refractivity (Wildman–Crippen MR) is 73.4 cm³/mol. The summed E-state index contributed by atoms with van der Waals surface area (Å²) in [5.74, 6) is -1.10. The molecule has 2 fully saturated rings. The molecule has 1 saturated carbocycles. The van der Waals surface area contributed by atoms with E-state index in [0.717, 1.165) is 25.7 Å². The van der Waals surface area contributed by atoms with Crippen LogP contribution < -0.4 is 0 Å². The van der Waals surface area contributed by atoms with E-state index in [1.54, 1.807) is 16.8 Å². The Morgan fingerprint density at radius 1 is 1.10 bits per heavy atom. The third-order valence-corrected chi connectivity index (χ3v) is 4.61. The third kappa shape index (κ3) is 3.23. The number of aliphatic hydroxyl groups excluding tert-OH is 1. The molecule has 0 spiro atoms. The van der Waals surface area contributed by atoms with Crippen LogP contribution in [0, 0.1) is 5.92 Å². The number of likely N-dealkylation sites (tertiary alicyclic amines) is 1. The number of hydrogen-bond acceptors (Lipinski definition) is 3. The van der Waals surface area contributed by atoms with Gasteiger partial charge < -0.3 is 20.0 Å². The molecule has 2 rings (SSSR count). The minimum atomic E-state index is -0.770. The van der Waals surface area contributed by atoms with Crippen LogP contribution in [0.3, 0.4) is 0 Å². The average molecular weight is 284 g/mol. The van der Waals surface area contributed by atoms with Gasteiger partial charge in [0.1, 0.15) is 0 Å². The van der Waals surface area contributed by atoms with E-state index in [-0.39, 0.29) is 18.0 Å². The second-order valence-corrected chi connectivity index (χ2v) is 5.91. The molecule has 6 nitrogen and oxygen atoms in total. The van der Waals surface area contributed by atoms with Crippen molar-refractivity contribution in [1.82, 2.24) is 9.80 Å². The number of carbonyl (C=O) groups is 2. The topological polar surface area (TPSA) is 81.1 Å². The summed E-state index contributed by atoms with van der Waals surface area (Å²) < 4.78 is 0. The van der Waals surface area contributed by atoms with Crippen molar-refractivity contribution >= 4 is 12.0 Å². The van der Waals surface area contributed by atoms with Crippen LogP contribution in [0.25, 0.3) is 0 Å². The maximum absolute atomic E-state index is 12.4. The summed E-state index contributed by atoms with van der Waals surface area (Å²) in [4.78, 5) is 26.7. The van der Waals surface area contributed by atoms with E-state index < -0.39 is 12.1 Å². The van der Waals surface area contributed by atoms with Gasteiger partial charge in [-0.3, -0.25) is 4.79 Å². The Hall–Kier alpha value is -1.30. The quantitative estimate of drug-likeness (QED) is 0.796. The molecule has 2 atom stereocenters. The molecule has 0 aromatic heterocycles. The zero-order valence-corrected chi connectivity index (χ0v) is 12.0. The smallest absolute Gasteiger partial charge is 0.320 e. The molecule has 6 heteroatoms. The SMILES string of the molecule is CN(C(=O)N1CCC(C(=O)O)CC1)C1CCCCC1O. The zero-order valence-electron chi connectivity index (χ0n) is 12.0. The van der Waals surface area contributed by atoms with Gasteiger partial charge in [-0.2, -0.15) is 0 Å². The Balaban J connectivity index is 1.89. The van der Waals surface area contributed by atoms with Crippen molar-refractivity contribution in [1.29, 1.82) is 0 Å². The van der Waals surface area contributed by atoms with E-state index in [1.165, 1.54) is 0 Å². The molecule has 2 unspecified atom stereocenters. The summed E-state index contributed by atoms with van der Waals surface area (Å²) in [6, 6.07) is -0.187. The van der Waals surface area contributed by atoms with Crippen LogP contribution in [-0.4, -0.2) is 64.3 Å². The van der Waals surface area contributed by atoms with E-state index in [9.17, 15) is 14.7 Å². The van der Waals surface area contributed by atoms with E-state index >= 15 is 0 Å². The molecule has 0 aromatic carbocycles. The summed E-state index contributed by atoms with van der Waals surface area (Å²) in [6.07, 6.45) is 4.25. The number of nitrogens with zero attached hydrogens (tertiary/aromatic N) is 2. The number of carbonyl (C=O) groups excluding carboxylic acids is 1. The van der Waals surface area contributed by atoms with Crippen LogP contribution in [-0.2, 0) is 4.79 Å². The predicted octanol–water partition coefficient (Wildman–Crippen LogP) is 1.14. The standard InChI is InChI=1S/C14H24N2O4/c1-15(11-4-2-3-5-12(11)17)14(20)16-8-6-10(7-9-16)13(18)19/h10-12,17H,2-9H2,1H3,(H,18,19). The summed E-state index contributed by atoms with van der Waals surface area (Å²) in [5.41, 5.74) is 0. The van der Waals surface area contributed by atoms with Crippen LogP contribution in [0.1, 0.15) is 38.5 Å². The van der Waals surface area contributed by atoms with Gasteiger partial charge in [0.05, 0.1) is 18.1 Å². The number of amides is 2. The summed E-state index contributed by atoms with van der Waals surface area (Å²) in [5, 5.41) is 19.0. The molecular weight excluding hydrogens is 260 g/mol. The Labute approximate surface area is 119 Å². The first-order chi connectivity index (χ1) is 9.50. The summed E-state index contributed by atoms with van der Waals surface area (Å²) in [7, 11) is 1.74. The molecule has 1 aliphatic carbocycles. The van der Waals surface area contributed by atoms with Gasteiger partial charge in [-0.05, 0) is 25.7 Å². The van der Waals surface area contributed by atoms with Gasteiger partial charge in [-0.15, -0.1) is 0 Å². The zero-order chi connectivity index (χ0) is 14.7. The Morgan fingerprint density at radius 3 is 2.25 bits per heavy atom. The maximum Gasteiger partial charge on any atom is 0.320 e. The molecule has 2 aliphatic rings. The average Bonchev–Trinajstić information content (AvgIpc) is 2.46. The Kier molecular flexibility index (Phi) is 4.86. The Morgan fingerprint density at radius 2 is 1.70 bits per heavy atom. The van der Waals surface area contributed by atoms with E-state index in [0.29, 0.717) is 25.9 Å². The minimum Gasteiger partial charge on any atom is -0.481 e. The van der Waals surface area contributed by atoms with Gasteiger partial charge >= 0.3 is 12.0 Å². The first-order valence-electron chi connectivity index (χ1n) is 7.43. The second kappa shape index (κ2) is 6.43. The van der Waals surface area contributed by atoms with Crippen molar-refractivity contribution in [3.05, 3.63) is 0 Å². The van der Waals surface area contributed by atoms with Gasteiger partial charge in [0.2, 0.25) is 0 Å². The largest absolute Gasteiger partial charge is 0.481 e. The van der Waals surface area contributed by atoms with Crippen molar-refractivity contribution in [3.63, 3.8) is 0 Å². The highest BCUT2D eigenvalue weighted by Gasteiger charge is 2.33. The minimum absolute atomic E-state index is 0.0835. The number of rotatable bonds is 2. The van der Waals surface area contributed by atoms with Gasteiger partial charge in [0.25, 0.3) is 0 Å². The number of piperidine rings is 1. The number of urea groups is 1. The molecule has 0 radical (unpaired) electrons. The summed E-state index contributed by atoms with van der Waals surface area (Å²) in [6.45, 7) is 0.978. The lowest BCUT2D eigenvalue weighted by molar-refractivity contribution is -0.143. The summed E-state index contributed by atoms with van der Waals surface area (Å²) >= 11 is 0. The van der Waals surface area contributed by atoms with Crippen molar-refractivity contribution in [2.75, 3.05) is 20.1 Å².